The van der Waals surface area contributed by atoms with Gasteiger partial charge in [0.25, 0.3) is 5.91 Å². The van der Waals surface area contributed by atoms with Gasteiger partial charge in [-0.15, -0.1) is 0 Å². The highest BCUT2D eigenvalue weighted by molar-refractivity contribution is 6.06. The minimum atomic E-state index is -0.311. The Morgan fingerprint density at radius 1 is 0.971 bits per heavy atom. The van der Waals surface area contributed by atoms with Crippen molar-refractivity contribution in [3.63, 3.8) is 0 Å². The van der Waals surface area contributed by atoms with Gasteiger partial charge in [-0.25, -0.2) is 9.37 Å². The Hall–Kier alpha value is -4.00. The molecule has 34 heavy (non-hydrogen) atoms. The molecular formula is C27H27FN4O2. The fraction of sp³-hybridized carbons (Fsp3) is 0.222. The quantitative estimate of drug-likeness (QED) is 0.417. The number of anilines is 1. The lowest BCUT2D eigenvalue weighted by atomic mass is 10.1. The fourth-order valence-corrected chi connectivity index (χ4v) is 4.02. The zero-order valence-corrected chi connectivity index (χ0v) is 19.5. The van der Waals surface area contributed by atoms with Gasteiger partial charge in [-0.05, 0) is 80.9 Å². The van der Waals surface area contributed by atoms with Crippen LogP contribution in [0.5, 0.6) is 0 Å². The van der Waals surface area contributed by atoms with Crippen LogP contribution in [0.25, 0.3) is 16.7 Å². The third-order valence-electron chi connectivity index (χ3n) is 5.85. The smallest absolute Gasteiger partial charge is 0.255 e. The molecule has 0 aliphatic heterocycles. The molecule has 0 saturated carbocycles. The summed E-state index contributed by atoms with van der Waals surface area (Å²) in [5.74, 6) is 0.268. The Balaban J connectivity index is 1.52. The number of aromatic nitrogens is 2. The van der Waals surface area contributed by atoms with Gasteiger partial charge >= 0.3 is 0 Å². The highest BCUT2D eigenvalue weighted by Gasteiger charge is 2.14. The van der Waals surface area contributed by atoms with E-state index in [2.05, 4.69) is 10.3 Å². The summed E-state index contributed by atoms with van der Waals surface area (Å²) < 4.78 is 15.3. The van der Waals surface area contributed by atoms with Crippen LogP contribution in [0.1, 0.15) is 35.6 Å². The van der Waals surface area contributed by atoms with E-state index in [0.29, 0.717) is 30.8 Å². The van der Waals surface area contributed by atoms with Crippen molar-refractivity contribution in [3.05, 3.63) is 89.5 Å². The Morgan fingerprint density at radius 3 is 2.29 bits per heavy atom. The minimum absolute atomic E-state index is 0.0862. The summed E-state index contributed by atoms with van der Waals surface area (Å²) in [7, 11) is 0. The number of hydrogen-bond acceptors (Lipinski definition) is 3. The second kappa shape index (κ2) is 9.87. The van der Waals surface area contributed by atoms with Crippen LogP contribution in [0.3, 0.4) is 0 Å². The van der Waals surface area contributed by atoms with Gasteiger partial charge in [0.1, 0.15) is 11.6 Å². The van der Waals surface area contributed by atoms with Gasteiger partial charge in [0.15, 0.2) is 0 Å². The number of likely N-dealkylation sites (N-methyl/N-ethyl adjacent to an activating group) is 1. The van der Waals surface area contributed by atoms with Gasteiger partial charge in [0, 0.05) is 30.0 Å². The summed E-state index contributed by atoms with van der Waals surface area (Å²) in [5, 5.41) is 2.91. The average Bonchev–Trinajstić information content (AvgIpc) is 3.16. The van der Waals surface area contributed by atoms with Crippen molar-refractivity contribution in [3.8, 4) is 5.69 Å². The minimum Gasteiger partial charge on any atom is -0.343 e. The first-order chi connectivity index (χ1) is 16.4. The normalized spacial score (nSPS) is 10.9. The monoisotopic (exact) mass is 458 g/mol. The molecule has 3 aromatic carbocycles. The number of fused-ring (bicyclic) bond motifs is 1. The number of nitrogens with zero attached hydrogens (tertiary/aromatic N) is 3. The summed E-state index contributed by atoms with van der Waals surface area (Å²) in [6.45, 7) is 7.17. The van der Waals surface area contributed by atoms with Crippen molar-refractivity contribution in [1.29, 1.82) is 0 Å². The molecule has 0 saturated heterocycles. The molecule has 0 fully saturated rings. The Labute approximate surface area is 198 Å². The van der Waals surface area contributed by atoms with E-state index < -0.39 is 0 Å². The van der Waals surface area contributed by atoms with Gasteiger partial charge in [-0.2, -0.15) is 0 Å². The summed E-state index contributed by atoms with van der Waals surface area (Å²) in [6.07, 6.45) is 0.333. The lowest BCUT2D eigenvalue weighted by Gasteiger charge is -2.18. The van der Waals surface area contributed by atoms with E-state index in [1.54, 1.807) is 47.4 Å². The number of carbonyl (C=O) groups excluding carboxylic acids is 2. The number of aryl methyl sites for hydroxylation is 1. The van der Waals surface area contributed by atoms with Crippen LogP contribution >= 0.6 is 0 Å². The number of imidazole rings is 1. The molecule has 4 rings (SSSR count). The van der Waals surface area contributed by atoms with Crippen molar-refractivity contribution in [2.75, 3.05) is 18.4 Å². The average molecular weight is 459 g/mol. The molecule has 0 bridgehead atoms. The molecule has 0 aliphatic carbocycles. The SMILES string of the molecule is CCN(CC)C(=O)Cc1ccc(NC(=O)c2ccc3nc(C)n(-c4ccc(F)cc4)c3c2)cc1. The number of amides is 2. The van der Waals surface area contributed by atoms with E-state index in [9.17, 15) is 14.0 Å². The van der Waals surface area contributed by atoms with Crippen molar-refractivity contribution in [1.82, 2.24) is 14.5 Å². The number of rotatable bonds is 7. The van der Waals surface area contributed by atoms with Crippen LogP contribution in [0, 0.1) is 12.7 Å². The molecule has 0 aliphatic rings. The molecule has 7 heteroatoms. The van der Waals surface area contributed by atoms with E-state index in [-0.39, 0.29) is 17.6 Å². The van der Waals surface area contributed by atoms with Crippen molar-refractivity contribution in [2.24, 2.45) is 0 Å². The van der Waals surface area contributed by atoms with Crippen molar-refractivity contribution >= 4 is 28.5 Å². The fourth-order valence-electron chi connectivity index (χ4n) is 4.02. The first-order valence-electron chi connectivity index (χ1n) is 11.3. The van der Waals surface area contributed by atoms with E-state index in [4.69, 9.17) is 0 Å². The largest absolute Gasteiger partial charge is 0.343 e. The molecule has 4 aromatic rings. The molecule has 1 heterocycles. The second-order valence-electron chi connectivity index (χ2n) is 8.07. The molecule has 1 aromatic heterocycles. The highest BCUT2D eigenvalue weighted by atomic mass is 19.1. The van der Waals surface area contributed by atoms with Crippen LogP contribution in [0.2, 0.25) is 0 Å². The van der Waals surface area contributed by atoms with Crippen LogP contribution in [-0.4, -0.2) is 39.4 Å². The molecule has 0 atom stereocenters. The van der Waals surface area contributed by atoms with E-state index in [1.165, 1.54) is 12.1 Å². The van der Waals surface area contributed by atoms with Crippen LogP contribution in [-0.2, 0) is 11.2 Å². The van der Waals surface area contributed by atoms with Gasteiger partial charge in [-0.1, -0.05) is 12.1 Å². The topological polar surface area (TPSA) is 67.2 Å². The third-order valence-corrected chi connectivity index (χ3v) is 5.85. The summed E-state index contributed by atoms with van der Waals surface area (Å²) in [4.78, 5) is 31.6. The molecule has 2 amide bonds. The van der Waals surface area contributed by atoms with Crippen molar-refractivity contribution < 1.29 is 14.0 Å². The first-order valence-corrected chi connectivity index (χ1v) is 11.3. The van der Waals surface area contributed by atoms with Crippen LogP contribution in [0.4, 0.5) is 10.1 Å². The Bertz CT molecular complexity index is 1320. The molecule has 0 radical (unpaired) electrons. The van der Waals surface area contributed by atoms with Gasteiger partial charge in [-0.3, -0.25) is 14.2 Å². The second-order valence-corrected chi connectivity index (χ2v) is 8.07. The van der Waals surface area contributed by atoms with Crippen LogP contribution in [0.15, 0.2) is 66.7 Å². The standard InChI is InChI=1S/C27H27FN4O2/c1-4-31(5-2)26(33)16-19-6-11-22(12-7-19)30-27(34)20-8-15-24-25(17-20)32(18(3)29-24)23-13-9-21(28)10-14-23/h6-15,17H,4-5,16H2,1-3H3,(H,30,34). The van der Waals surface area contributed by atoms with E-state index in [1.807, 2.05) is 37.5 Å². The van der Waals surface area contributed by atoms with Crippen molar-refractivity contribution in [2.45, 2.75) is 27.2 Å². The Kier molecular flexibility index (Phi) is 6.72. The number of carbonyl (C=O) groups is 2. The number of halogens is 1. The molecule has 1 N–H and O–H groups in total. The first kappa shape index (κ1) is 23.2. The van der Waals surface area contributed by atoms with Gasteiger partial charge in [0.2, 0.25) is 5.91 Å². The zero-order chi connectivity index (χ0) is 24.2. The predicted molar refractivity (Wildman–Crippen MR) is 132 cm³/mol. The lowest BCUT2D eigenvalue weighted by molar-refractivity contribution is -0.130. The molecule has 174 valence electrons. The summed E-state index contributed by atoms with van der Waals surface area (Å²) in [5.41, 5.74) is 4.32. The maximum Gasteiger partial charge on any atom is 0.255 e. The highest BCUT2D eigenvalue weighted by Crippen LogP contribution is 2.23. The zero-order valence-electron chi connectivity index (χ0n) is 19.5. The third kappa shape index (κ3) is 4.83. The summed E-state index contributed by atoms with van der Waals surface area (Å²) >= 11 is 0. The maximum atomic E-state index is 13.4. The predicted octanol–water partition coefficient (Wildman–Crippen LogP) is 5.14. The number of hydrogen-bond donors (Lipinski definition) is 1. The Morgan fingerprint density at radius 2 is 1.65 bits per heavy atom. The van der Waals surface area contributed by atoms with E-state index in [0.717, 1.165) is 28.1 Å². The molecule has 0 unspecified atom stereocenters. The summed E-state index contributed by atoms with van der Waals surface area (Å²) in [6, 6.07) is 18.8. The lowest BCUT2D eigenvalue weighted by Crippen LogP contribution is -2.31. The van der Waals surface area contributed by atoms with Crippen LogP contribution < -0.4 is 5.32 Å². The van der Waals surface area contributed by atoms with E-state index >= 15 is 0 Å². The molecule has 0 spiro atoms. The van der Waals surface area contributed by atoms with Gasteiger partial charge < -0.3 is 10.2 Å². The molecular weight excluding hydrogens is 431 g/mol. The maximum absolute atomic E-state index is 13.4. The number of benzene rings is 3. The van der Waals surface area contributed by atoms with Gasteiger partial charge in [0.05, 0.1) is 17.5 Å². The number of nitrogens with one attached hydrogen (secondary N) is 1. The molecule has 6 nitrogen and oxygen atoms in total.